The van der Waals surface area contributed by atoms with Gasteiger partial charge in [-0.15, -0.1) is 12.4 Å². The molecule has 4 heteroatoms. The molecule has 0 aromatic heterocycles. The van der Waals surface area contributed by atoms with E-state index in [0.29, 0.717) is 12.3 Å². The fraction of sp³-hybridized carbons (Fsp3) is 0.350. The lowest BCUT2D eigenvalue weighted by molar-refractivity contribution is -0.130. The second-order valence-corrected chi connectivity index (χ2v) is 6.41. The fourth-order valence-electron chi connectivity index (χ4n) is 3.31. The molecule has 2 unspecified atom stereocenters. The van der Waals surface area contributed by atoms with E-state index in [-0.39, 0.29) is 24.4 Å². The van der Waals surface area contributed by atoms with Crippen LogP contribution in [0.2, 0.25) is 0 Å². The molecule has 1 fully saturated rings. The van der Waals surface area contributed by atoms with Crippen LogP contribution in [0.3, 0.4) is 0 Å². The molecule has 1 heterocycles. The van der Waals surface area contributed by atoms with Crippen LogP contribution in [0.5, 0.6) is 0 Å². The molecular weight excluding hydrogens is 320 g/mol. The van der Waals surface area contributed by atoms with Gasteiger partial charge < -0.3 is 10.6 Å². The molecule has 1 aliphatic rings. The van der Waals surface area contributed by atoms with Crippen molar-refractivity contribution in [2.24, 2.45) is 11.7 Å². The Morgan fingerprint density at radius 1 is 1.08 bits per heavy atom. The molecule has 1 amide bonds. The number of nitrogens with two attached hydrogens (primary N) is 1. The summed E-state index contributed by atoms with van der Waals surface area (Å²) in [6.07, 6.45) is 2.53. The normalized spacial score (nSPS) is 18.0. The third-order valence-corrected chi connectivity index (χ3v) is 4.63. The molecule has 0 saturated carbocycles. The zero-order chi connectivity index (χ0) is 16.1. The first kappa shape index (κ1) is 18.5. The van der Waals surface area contributed by atoms with E-state index >= 15 is 0 Å². The Morgan fingerprint density at radius 3 is 2.38 bits per heavy atom. The third-order valence-electron chi connectivity index (χ3n) is 4.63. The summed E-state index contributed by atoms with van der Waals surface area (Å²) >= 11 is 0. The predicted octanol–water partition coefficient (Wildman–Crippen LogP) is 3.59. The highest BCUT2D eigenvalue weighted by Crippen LogP contribution is 2.23. The van der Waals surface area contributed by atoms with Gasteiger partial charge in [-0.3, -0.25) is 4.79 Å². The summed E-state index contributed by atoms with van der Waals surface area (Å²) in [6.45, 7) is 1.72. The number of hydrogen-bond donors (Lipinski definition) is 1. The monoisotopic (exact) mass is 344 g/mol. The fourth-order valence-corrected chi connectivity index (χ4v) is 3.31. The molecule has 3 rings (SSSR count). The maximum absolute atomic E-state index is 12.5. The smallest absolute Gasteiger partial charge is 0.224 e. The first-order valence-electron chi connectivity index (χ1n) is 8.34. The van der Waals surface area contributed by atoms with E-state index < -0.39 is 0 Å². The van der Waals surface area contributed by atoms with Crippen molar-refractivity contribution in [3.8, 4) is 0 Å². The molecule has 2 N–H and O–H groups in total. The number of nitrogens with zero attached hydrogens (tertiary/aromatic N) is 1. The number of carbonyl (C=O) groups excluding carboxylic acids is 1. The number of carbonyl (C=O) groups is 1. The zero-order valence-electron chi connectivity index (χ0n) is 13.8. The molecule has 0 aliphatic carbocycles. The molecule has 2 atom stereocenters. The molecule has 0 bridgehead atoms. The van der Waals surface area contributed by atoms with Gasteiger partial charge in [0.1, 0.15) is 0 Å². The topological polar surface area (TPSA) is 46.3 Å². The first-order chi connectivity index (χ1) is 11.2. The summed E-state index contributed by atoms with van der Waals surface area (Å²) in [5.74, 6) is 0.742. The molecular formula is C20H25ClN2O. The van der Waals surface area contributed by atoms with Crippen molar-refractivity contribution < 1.29 is 4.79 Å². The zero-order valence-corrected chi connectivity index (χ0v) is 14.6. The van der Waals surface area contributed by atoms with Gasteiger partial charge >= 0.3 is 0 Å². The van der Waals surface area contributed by atoms with Gasteiger partial charge in [-0.25, -0.2) is 0 Å². The number of hydrogen-bond acceptors (Lipinski definition) is 2. The maximum atomic E-state index is 12.5. The summed E-state index contributed by atoms with van der Waals surface area (Å²) < 4.78 is 0. The number of amides is 1. The minimum atomic E-state index is -0.211. The molecule has 3 nitrogen and oxygen atoms in total. The molecule has 1 saturated heterocycles. The van der Waals surface area contributed by atoms with Crippen molar-refractivity contribution in [1.29, 1.82) is 0 Å². The molecule has 2 aromatic rings. The average Bonchev–Trinajstić information content (AvgIpc) is 3.05. The highest BCUT2D eigenvalue weighted by molar-refractivity contribution is 5.85. The van der Waals surface area contributed by atoms with Crippen molar-refractivity contribution >= 4 is 18.3 Å². The second-order valence-electron chi connectivity index (χ2n) is 6.41. The Labute approximate surface area is 150 Å². The van der Waals surface area contributed by atoms with E-state index in [4.69, 9.17) is 5.73 Å². The van der Waals surface area contributed by atoms with Crippen LogP contribution >= 0.6 is 12.4 Å². The highest BCUT2D eigenvalue weighted by atomic mass is 35.5. The minimum absolute atomic E-state index is 0. The van der Waals surface area contributed by atoms with Gasteiger partial charge in [0.25, 0.3) is 0 Å². The number of likely N-dealkylation sites (tertiary alicyclic amines) is 1. The molecule has 128 valence electrons. The standard InChI is InChI=1S/C20H24N2O.ClH/c21-19(18-9-5-2-6-10-18)14-20(23)22-12-11-17(15-22)13-16-7-3-1-4-8-16;/h1-10,17,19H,11-15,21H2;1H. The highest BCUT2D eigenvalue weighted by Gasteiger charge is 2.27. The largest absolute Gasteiger partial charge is 0.342 e. The van der Waals surface area contributed by atoms with Gasteiger partial charge in [-0.1, -0.05) is 60.7 Å². The second kappa shape index (κ2) is 8.86. The summed E-state index contributed by atoms with van der Waals surface area (Å²) in [7, 11) is 0. The summed E-state index contributed by atoms with van der Waals surface area (Å²) in [5.41, 5.74) is 8.56. The lowest BCUT2D eigenvalue weighted by Gasteiger charge is -2.19. The molecule has 0 radical (unpaired) electrons. The van der Waals surface area contributed by atoms with Crippen molar-refractivity contribution in [2.75, 3.05) is 13.1 Å². The van der Waals surface area contributed by atoms with Gasteiger partial charge in [0.05, 0.1) is 0 Å². The lowest BCUT2D eigenvalue weighted by Crippen LogP contribution is -2.31. The van der Waals surface area contributed by atoms with Gasteiger partial charge in [0, 0.05) is 25.6 Å². The maximum Gasteiger partial charge on any atom is 0.224 e. The number of benzene rings is 2. The average molecular weight is 345 g/mol. The van der Waals surface area contributed by atoms with E-state index in [0.717, 1.165) is 31.5 Å². The molecule has 2 aromatic carbocycles. The Hall–Kier alpha value is -1.84. The Kier molecular flexibility index (Phi) is 6.83. The SMILES string of the molecule is Cl.NC(CC(=O)N1CCC(Cc2ccccc2)C1)c1ccccc1. The summed E-state index contributed by atoms with van der Waals surface area (Å²) in [5, 5.41) is 0. The predicted molar refractivity (Wildman–Crippen MR) is 100 cm³/mol. The summed E-state index contributed by atoms with van der Waals surface area (Å²) in [6, 6.07) is 20.2. The van der Waals surface area contributed by atoms with Crippen LogP contribution < -0.4 is 5.73 Å². The van der Waals surface area contributed by atoms with Crippen LogP contribution in [0.25, 0.3) is 0 Å². The van der Waals surface area contributed by atoms with E-state index in [1.165, 1.54) is 5.56 Å². The van der Waals surface area contributed by atoms with E-state index in [2.05, 4.69) is 24.3 Å². The molecule has 24 heavy (non-hydrogen) atoms. The van der Waals surface area contributed by atoms with Gasteiger partial charge in [-0.2, -0.15) is 0 Å². The molecule has 0 spiro atoms. The van der Waals surface area contributed by atoms with Crippen LogP contribution in [-0.2, 0) is 11.2 Å². The Bertz CT molecular complexity index is 633. The Morgan fingerprint density at radius 2 is 1.71 bits per heavy atom. The van der Waals surface area contributed by atoms with Gasteiger partial charge in [-0.05, 0) is 29.9 Å². The van der Waals surface area contributed by atoms with Crippen LogP contribution in [-0.4, -0.2) is 23.9 Å². The summed E-state index contributed by atoms with van der Waals surface area (Å²) in [4.78, 5) is 14.5. The van der Waals surface area contributed by atoms with Crippen LogP contribution in [0.15, 0.2) is 60.7 Å². The quantitative estimate of drug-likeness (QED) is 0.901. The van der Waals surface area contributed by atoms with Crippen molar-refractivity contribution in [1.82, 2.24) is 4.90 Å². The number of rotatable bonds is 5. The number of halogens is 1. The van der Waals surface area contributed by atoms with Crippen molar-refractivity contribution in [3.63, 3.8) is 0 Å². The first-order valence-corrected chi connectivity index (χ1v) is 8.34. The van der Waals surface area contributed by atoms with Crippen molar-refractivity contribution in [3.05, 3.63) is 71.8 Å². The van der Waals surface area contributed by atoms with Crippen LogP contribution in [0, 0.1) is 5.92 Å². The Balaban J connectivity index is 0.00000208. The van der Waals surface area contributed by atoms with Gasteiger partial charge in [0.2, 0.25) is 5.91 Å². The van der Waals surface area contributed by atoms with Crippen LogP contribution in [0.1, 0.15) is 30.0 Å². The molecule has 1 aliphatic heterocycles. The van der Waals surface area contributed by atoms with Gasteiger partial charge in [0.15, 0.2) is 0 Å². The van der Waals surface area contributed by atoms with E-state index in [1.807, 2.05) is 41.3 Å². The lowest BCUT2D eigenvalue weighted by atomic mass is 9.99. The van der Waals surface area contributed by atoms with E-state index in [1.54, 1.807) is 0 Å². The van der Waals surface area contributed by atoms with Crippen LogP contribution in [0.4, 0.5) is 0 Å². The van der Waals surface area contributed by atoms with E-state index in [9.17, 15) is 4.79 Å². The van der Waals surface area contributed by atoms with Crippen molar-refractivity contribution in [2.45, 2.75) is 25.3 Å². The minimum Gasteiger partial charge on any atom is -0.342 e. The third kappa shape index (κ3) is 4.83.